The minimum atomic E-state index is -1.43. The first-order valence-electron chi connectivity index (χ1n) is 11.1. The van der Waals surface area contributed by atoms with E-state index < -0.39 is 7.42 Å². The van der Waals surface area contributed by atoms with Crippen LogP contribution in [0.2, 0.25) is 6.04 Å². The first kappa shape index (κ1) is 22.1. The molecule has 0 atom stereocenters. The third-order valence-corrected chi connectivity index (χ3v) is 8.82. The van der Waals surface area contributed by atoms with E-state index >= 15 is 0 Å². The molecule has 2 saturated carbocycles. The van der Waals surface area contributed by atoms with E-state index in [-0.39, 0.29) is 0 Å². The molecule has 0 aromatic heterocycles. The molecule has 148 valence electrons. The molecule has 2 rings (SSSR count). The largest absolute Gasteiger partial charge is 0.378 e. The molecule has 2 aliphatic rings. The van der Waals surface area contributed by atoms with Crippen molar-refractivity contribution in [2.24, 2.45) is 17.8 Å². The molecule has 2 aliphatic carbocycles. The summed E-state index contributed by atoms with van der Waals surface area (Å²) in [6.07, 6.45) is 20.2. The van der Waals surface area contributed by atoms with Crippen LogP contribution in [-0.2, 0) is 4.74 Å². The topological polar surface area (TPSA) is 9.23 Å². The van der Waals surface area contributed by atoms with Gasteiger partial charge in [0.1, 0.15) is 0 Å². The Hall–Kier alpha value is 0.757. The molecule has 0 bridgehead atoms. The quantitative estimate of drug-likeness (QED) is 0.197. The van der Waals surface area contributed by atoms with Gasteiger partial charge in [-0.3, -0.25) is 0 Å². The molecule has 0 heterocycles. The van der Waals surface area contributed by atoms with Crippen molar-refractivity contribution < 1.29 is 4.74 Å². The summed E-state index contributed by atoms with van der Waals surface area (Å²) in [5, 5.41) is 0. The lowest BCUT2D eigenvalue weighted by Crippen LogP contribution is -2.28. The Balaban J connectivity index is 1.53. The second kappa shape index (κ2) is 13.0. The van der Waals surface area contributed by atoms with E-state index in [1.807, 2.05) is 0 Å². The highest BCUT2D eigenvalue weighted by Crippen LogP contribution is 2.41. The van der Waals surface area contributed by atoms with Crippen molar-refractivity contribution in [3.05, 3.63) is 0 Å². The van der Waals surface area contributed by atoms with Gasteiger partial charge in [0.25, 0.3) is 0 Å². The summed E-state index contributed by atoms with van der Waals surface area (Å²) in [6.45, 7) is 3.17. The van der Waals surface area contributed by atoms with E-state index in [4.69, 9.17) is 26.9 Å². The Morgan fingerprint density at radius 3 is 2.04 bits per heavy atom. The van der Waals surface area contributed by atoms with Crippen LogP contribution in [-0.4, -0.2) is 20.1 Å². The summed E-state index contributed by atoms with van der Waals surface area (Å²) < 4.78 is 6.06. The van der Waals surface area contributed by atoms with E-state index in [2.05, 4.69) is 6.92 Å². The van der Waals surface area contributed by atoms with Gasteiger partial charge in [-0.1, -0.05) is 51.9 Å². The summed E-state index contributed by atoms with van der Waals surface area (Å²) in [6, 6.07) is 0.986. The Morgan fingerprint density at radius 1 is 0.800 bits per heavy atom. The number of rotatable bonds is 11. The maximum Gasteiger partial charge on any atom is 0.237 e. The molecule has 0 amide bonds. The lowest BCUT2D eigenvalue weighted by Gasteiger charge is -2.38. The van der Waals surface area contributed by atoms with Crippen LogP contribution in [0.4, 0.5) is 0 Å². The van der Waals surface area contributed by atoms with Gasteiger partial charge in [0.2, 0.25) is 7.42 Å². The summed E-state index contributed by atoms with van der Waals surface area (Å²) >= 11 is 11.8. The van der Waals surface area contributed by atoms with Crippen molar-refractivity contribution in [3.8, 4) is 0 Å². The predicted molar refractivity (Wildman–Crippen MR) is 114 cm³/mol. The number of halogens is 2. The fourth-order valence-electron chi connectivity index (χ4n) is 5.02. The van der Waals surface area contributed by atoms with E-state index in [0.717, 1.165) is 36.8 Å². The number of hydrogen-bond acceptors (Lipinski definition) is 1. The maximum atomic E-state index is 6.06. The van der Waals surface area contributed by atoms with Gasteiger partial charge in [-0.15, -0.1) is 0 Å². The van der Waals surface area contributed by atoms with Crippen LogP contribution in [0.25, 0.3) is 0 Å². The zero-order chi connectivity index (χ0) is 17.9. The SMILES string of the molecule is CCCCCC[C@H]1CC[C@H]([C@H]2CC[C@H](OCCC[SiH](Cl)Cl)CC2)CC1. The monoisotopic (exact) mass is 406 g/mol. The number of unbranched alkanes of at least 4 members (excludes halogenated alkanes) is 3. The Labute approximate surface area is 167 Å². The van der Waals surface area contributed by atoms with Gasteiger partial charge in [-0.05, 0) is 68.7 Å². The minimum Gasteiger partial charge on any atom is -0.378 e. The zero-order valence-electron chi connectivity index (χ0n) is 16.4. The minimum absolute atomic E-state index is 0.511. The number of hydrogen-bond donors (Lipinski definition) is 0. The van der Waals surface area contributed by atoms with Gasteiger partial charge < -0.3 is 4.74 Å². The third kappa shape index (κ3) is 8.99. The molecule has 0 radical (unpaired) electrons. The molecule has 0 aromatic carbocycles. The highest BCUT2D eigenvalue weighted by Gasteiger charge is 2.30. The molecule has 4 heteroatoms. The molecule has 0 saturated heterocycles. The Morgan fingerprint density at radius 2 is 1.44 bits per heavy atom. The van der Waals surface area contributed by atoms with Gasteiger partial charge >= 0.3 is 0 Å². The highest BCUT2D eigenvalue weighted by molar-refractivity contribution is 7.33. The highest BCUT2D eigenvalue weighted by atomic mass is 35.7. The van der Waals surface area contributed by atoms with E-state index in [0.29, 0.717) is 6.10 Å². The normalized spacial score (nSPS) is 30.7. The standard InChI is InChI=1S/C21H40Cl2OSi/c1-2-3-4-5-7-18-8-10-19(11-9-18)20-12-14-21(15-13-20)24-16-6-17-25(22)23/h18-21,25H,2-17H2,1H3/t18-,19-,20-,21-. The third-order valence-electron chi connectivity index (χ3n) is 6.66. The second-order valence-corrected chi connectivity index (χ2v) is 13.8. The van der Waals surface area contributed by atoms with Crippen molar-refractivity contribution in [2.75, 3.05) is 6.61 Å². The van der Waals surface area contributed by atoms with Gasteiger partial charge in [0.05, 0.1) is 6.10 Å². The van der Waals surface area contributed by atoms with Gasteiger partial charge in [-0.2, -0.15) is 22.2 Å². The average molecular weight is 408 g/mol. The molecular weight excluding hydrogens is 367 g/mol. The van der Waals surface area contributed by atoms with Gasteiger partial charge in [-0.25, -0.2) is 0 Å². The smallest absolute Gasteiger partial charge is 0.237 e. The molecule has 0 unspecified atom stereocenters. The van der Waals surface area contributed by atoms with Crippen molar-refractivity contribution in [1.29, 1.82) is 0 Å². The average Bonchev–Trinajstić information content (AvgIpc) is 2.63. The lowest BCUT2D eigenvalue weighted by atomic mass is 9.70. The van der Waals surface area contributed by atoms with Crippen LogP contribution in [0.1, 0.15) is 96.8 Å². The van der Waals surface area contributed by atoms with Crippen LogP contribution in [0.3, 0.4) is 0 Å². The van der Waals surface area contributed by atoms with Crippen molar-refractivity contribution >= 4 is 29.6 Å². The molecule has 25 heavy (non-hydrogen) atoms. The van der Waals surface area contributed by atoms with Gasteiger partial charge in [0.15, 0.2) is 0 Å². The van der Waals surface area contributed by atoms with Gasteiger partial charge in [0, 0.05) is 6.61 Å². The summed E-state index contributed by atoms with van der Waals surface area (Å²) in [4.78, 5) is 0. The maximum absolute atomic E-state index is 6.06. The van der Waals surface area contributed by atoms with Crippen LogP contribution in [0, 0.1) is 17.8 Å². The number of ether oxygens (including phenoxy) is 1. The molecule has 0 N–H and O–H groups in total. The molecular formula is C21H40Cl2OSi. The van der Waals surface area contributed by atoms with E-state index in [9.17, 15) is 0 Å². The summed E-state index contributed by atoms with van der Waals surface area (Å²) in [7, 11) is -1.43. The summed E-state index contributed by atoms with van der Waals surface area (Å²) in [5.41, 5.74) is 0. The Bertz CT molecular complexity index is 324. The first-order chi connectivity index (χ1) is 12.2. The second-order valence-electron chi connectivity index (χ2n) is 8.57. The zero-order valence-corrected chi connectivity index (χ0v) is 19.0. The van der Waals surface area contributed by atoms with E-state index in [1.165, 1.54) is 83.5 Å². The van der Waals surface area contributed by atoms with Crippen LogP contribution in [0.15, 0.2) is 0 Å². The van der Waals surface area contributed by atoms with Crippen molar-refractivity contribution in [3.63, 3.8) is 0 Å². The van der Waals surface area contributed by atoms with Crippen LogP contribution in [0.5, 0.6) is 0 Å². The first-order valence-corrected chi connectivity index (χ1v) is 15.4. The molecule has 2 fully saturated rings. The van der Waals surface area contributed by atoms with Crippen molar-refractivity contribution in [1.82, 2.24) is 0 Å². The molecule has 1 nitrogen and oxygen atoms in total. The van der Waals surface area contributed by atoms with E-state index in [1.54, 1.807) is 0 Å². The van der Waals surface area contributed by atoms with Crippen LogP contribution >= 0.6 is 22.2 Å². The molecule has 0 spiro atoms. The molecule has 0 aromatic rings. The predicted octanol–water partition coefficient (Wildman–Crippen LogP) is 7.43. The molecule has 0 aliphatic heterocycles. The Kier molecular flexibility index (Phi) is 11.5. The lowest BCUT2D eigenvalue weighted by molar-refractivity contribution is 0.00728. The summed E-state index contributed by atoms with van der Waals surface area (Å²) in [5.74, 6) is 3.06. The van der Waals surface area contributed by atoms with Crippen LogP contribution < -0.4 is 0 Å². The fraction of sp³-hybridized carbons (Fsp3) is 1.00. The fourth-order valence-corrected chi connectivity index (χ4v) is 6.42. The van der Waals surface area contributed by atoms with Crippen molar-refractivity contribution in [2.45, 2.75) is 109 Å².